The van der Waals surface area contributed by atoms with Gasteiger partial charge in [-0.3, -0.25) is 10.1 Å². The van der Waals surface area contributed by atoms with Crippen molar-refractivity contribution in [2.24, 2.45) is 0 Å². The normalized spacial score (nSPS) is 10.6. The van der Waals surface area contributed by atoms with E-state index in [1.165, 1.54) is 12.1 Å². The van der Waals surface area contributed by atoms with Crippen LogP contribution in [0.25, 0.3) is 11.1 Å². The van der Waals surface area contributed by atoms with Crippen LogP contribution in [0.15, 0.2) is 42.5 Å². The first-order valence-electron chi connectivity index (χ1n) is 7.94. The zero-order valence-electron chi connectivity index (χ0n) is 14.5. The van der Waals surface area contributed by atoms with Crippen molar-refractivity contribution < 1.29 is 14.4 Å². The quantitative estimate of drug-likeness (QED) is 0.427. The maximum Gasteiger partial charge on any atom is 0.270 e. The molecule has 0 atom stereocenters. The molecule has 0 bridgehead atoms. The average molecular weight is 345 g/mol. The van der Waals surface area contributed by atoms with Crippen LogP contribution >= 0.6 is 0 Å². The SMILES string of the molecule is COCCN(CCOC)c1cccc(-c2cccc([N+](=O)[O-])c2)c1N. The van der Waals surface area contributed by atoms with Gasteiger partial charge in [-0.15, -0.1) is 0 Å². The molecule has 0 heterocycles. The Morgan fingerprint density at radius 2 is 1.72 bits per heavy atom. The molecule has 0 unspecified atom stereocenters. The van der Waals surface area contributed by atoms with Crippen molar-refractivity contribution in [1.29, 1.82) is 0 Å². The van der Waals surface area contributed by atoms with Crippen LogP contribution < -0.4 is 10.6 Å². The average Bonchev–Trinajstić information content (AvgIpc) is 2.62. The number of methoxy groups -OCH3 is 2. The summed E-state index contributed by atoms with van der Waals surface area (Å²) in [7, 11) is 3.30. The minimum absolute atomic E-state index is 0.0397. The minimum atomic E-state index is -0.410. The number of rotatable bonds is 9. The number of benzene rings is 2. The monoisotopic (exact) mass is 345 g/mol. The number of nitro benzene ring substituents is 1. The molecule has 0 fully saturated rings. The first kappa shape index (κ1) is 18.7. The fraction of sp³-hybridized carbons (Fsp3) is 0.333. The second kappa shape index (κ2) is 9.00. The molecule has 2 aromatic carbocycles. The number of hydrogen-bond donors (Lipinski definition) is 1. The Labute approximate surface area is 147 Å². The maximum absolute atomic E-state index is 11.0. The first-order valence-corrected chi connectivity index (χ1v) is 7.94. The molecule has 25 heavy (non-hydrogen) atoms. The van der Waals surface area contributed by atoms with Gasteiger partial charge in [0.05, 0.1) is 29.5 Å². The predicted molar refractivity (Wildman–Crippen MR) is 98.9 cm³/mol. The first-order chi connectivity index (χ1) is 12.1. The van der Waals surface area contributed by atoms with E-state index in [4.69, 9.17) is 15.2 Å². The van der Waals surface area contributed by atoms with Crippen molar-refractivity contribution in [3.8, 4) is 11.1 Å². The molecule has 0 saturated carbocycles. The van der Waals surface area contributed by atoms with Crippen molar-refractivity contribution in [1.82, 2.24) is 0 Å². The summed E-state index contributed by atoms with van der Waals surface area (Å²) in [5.41, 5.74) is 9.35. The number of ether oxygens (including phenoxy) is 2. The van der Waals surface area contributed by atoms with Crippen LogP contribution in [0.1, 0.15) is 0 Å². The molecule has 2 N–H and O–H groups in total. The van der Waals surface area contributed by atoms with E-state index in [9.17, 15) is 10.1 Å². The fourth-order valence-electron chi connectivity index (χ4n) is 2.62. The van der Waals surface area contributed by atoms with E-state index >= 15 is 0 Å². The van der Waals surface area contributed by atoms with E-state index in [1.807, 2.05) is 24.3 Å². The smallest absolute Gasteiger partial charge is 0.270 e. The van der Waals surface area contributed by atoms with Crippen LogP contribution in [0.2, 0.25) is 0 Å². The number of hydrogen-bond acceptors (Lipinski definition) is 6. The lowest BCUT2D eigenvalue weighted by Gasteiger charge is -2.26. The molecule has 0 saturated heterocycles. The molecular weight excluding hydrogens is 322 g/mol. The van der Waals surface area contributed by atoms with E-state index < -0.39 is 4.92 Å². The summed E-state index contributed by atoms with van der Waals surface area (Å²) < 4.78 is 10.3. The van der Waals surface area contributed by atoms with Gasteiger partial charge >= 0.3 is 0 Å². The van der Waals surface area contributed by atoms with Crippen molar-refractivity contribution in [2.75, 3.05) is 51.2 Å². The molecule has 0 aliphatic carbocycles. The third-order valence-electron chi connectivity index (χ3n) is 3.92. The molecule has 2 aromatic rings. The summed E-state index contributed by atoms with van der Waals surface area (Å²) in [4.78, 5) is 12.7. The standard InChI is InChI=1S/C18H23N3O4/c1-24-11-9-20(10-12-25-2)17-8-4-7-16(18(17)19)14-5-3-6-15(13-14)21(22)23/h3-8,13H,9-12,19H2,1-2H3. The van der Waals surface area contributed by atoms with Gasteiger partial charge in [0, 0.05) is 45.0 Å². The molecule has 134 valence electrons. The van der Waals surface area contributed by atoms with Gasteiger partial charge in [0.15, 0.2) is 0 Å². The Hall–Kier alpha value is -2.64. The molecule has 2 rings (SSSR count). The highest BCUT2D eigenvalue weighted by atomic mass is 16.6. The topological polar surface area (TPSA) is 90.9 Å². The Kier molecular flexibility index (Phi) is 6.73. The van der Waals surface area contributed by atoms with E-state index in [-0.39, 0.29) is 5.69 Å². The van der Waals surface area contributed by atoms with Gasteiger partial charge in [0.25, 0.3) is 5.69 Å². The molecule has 0 aromatic heterocycles. The Bertz CT molecular complexity index is 713. The summed E-state index contributed by atoms with van der Waals surface area (Å²) in [6.07, 6.45) is 0. The van der Waals surface area contributed by atoms with Crippen LogP contribution in [-0.2, 0) is 9.47 Å². The Morgan fingerprint density at radius 3 is 2.32 bits per heavy atom. The number of nitrogen functional groups attached to an aromatic ring is 1. The van der Waals surface area contributed by atoms with Gasteiger partial charge in [0.2, 0.25) is 0 Å². The second-order valence-corrected chi connectivity index (χ2v) is 5.52. The van der Waals surface area contributed by atoms with Crippen molar-refractivity contribution in [3.63, 3.8) is 0 Å². The largest absolute Gasteiger partial charge is 0.397 e. The number of nitrogens with zero attached hydrogens (tertiary/aromatic N) is 2. The van der Waals surface area contributed by atoms with Gasteiger partial charge in [0.1, 0.15) is 0 Å². The number of nitrogens with two attached hydrogens (primary N) is 1. The molecule has 0 radical (unpaired) electrons. The fourth-order valence-corrected chi connectivity index (χ4v) is 2.62. The van der Waals surface area contributed by atoms with Crippen molar-refractivity contribution in [3.05, 3.63) is 52.6 Å². The van der Waals surface area contributed by atoms with Crippen LogP contribution in [0.3, 0.4) is 0 Å². The number of nitro groups is 1. The molecule has 0 spiro atoms. The molecule has 0 amide bonds. The molecular formula is C18H23N3O4. The van der Waals surface area contributed by atoms with Crippen LogP contribution in [0.4, 0.5) is 17.1 Å². The number of anilines is 2. The summed E-state index contributed by atoms with van der Waals surface area (Å²) in [6, 6.07) is 12.2. The zero-order chi connectivity index (χ0) is 18.2. The lowest BCUT2D eigenvalue weighted by Crippen LogP contribution is -2.31. The third-order valence-corrected chi connectivity index (χ3v) is 3.92. The van der Waals surface area contributed by atoms with Gasteiger partial charge < -0.3 is 20.1 Å². The molecule has 7 nitrogen and oxygen atoms in total. The number of non-ortho nitro benzene ring substituents is 1. The van der Waals surface area contributed by atoms with Gasteiger partial charge in [-0.1, -0.05) is 24.3 Å². The summed E-state index contributed by atoms with van der Waals surface area (Å²) in [5.74, 6) is 0. The zero-order valence-corrected chi connectivity index (χ0v) is 14.5. The minimum Gasteiger partial charge on any atom is -0.397 e. The molecule has 0 aliphatic heterocycles. The van der Waals surface area contributed by atoms with Crippen LogP contribution in [0.5, 0.6) is 0 Å². The van der Waals surface area contributed by atoms with Gasteiger partial charge in [-0.2, -0.15) is 0 Å². The maximum atomic E-state index is 11.0. The lowest BCUT2D eigenvalue weighted by molar-refractivity contribution is -0.384. The highest BCUT2D eigenvalue weighted by Gasteiger charge is 2.15. The molecule has 0 aliphatic rings. The van der Waals surface area contributed by atoms with Crippen LogP contribution in [0, 0.1) is 10.1 Å². The van der Waals surface area contributed by atoms with E-state index in [0.717, 1.165) is 11.3 Å². The third kappa shape index (κ3) is 4.68. The van der Waals surface area contributed by atoms with E-state index in [0.29, 0.717) is 37.6 Å². The van der Waals surface area contributed by atoms with Crippen LogP contribution in [-0.4, -0.2) is 45.4 Å². The highest BCUT2D eigenvalue weighted by Crippen LogP contribution is 2.35. The van der Waals surface area contributed by atoms with Gasteiger partial charge in [-0.05, 0) is 11.6 Å². The summed E-state index contributed by atoms with van der Waals surface area (Å²) in [5, 5.41) is 11.0. The molecule has 7 heteroatoms. The van der Waals surface area contributed by atoms with E-state index in [2.05, 4.69) is 4.90 Å². The predicted octanol–water partition coefficient (Wildman–Crippen LogP) is 2.94. The highest BCUT2D eigenvalue weighted by molar-refractivity contribution is 5.86. The number of para-hydroxylation sites is 1. The lowest BCUT2D eigenvalue weighted by atomic mass is 10.0. The van der Waals surface area contributed by atoms with Crippen molar-refractivity contribution >= 4 is 17.1 Å². The van der Waals surface area contributed by atoms with E-state index in [1.54, 1.807) is 20.3 Å². The van der Waals surface area contributed by atoms with Gasteiger partial charge in [-0.25, -0.2) is 0 Å². The Balaban J connectivity index is 2.40. The summed E-state index contributed by atoms with van der Waals surface area (Å²) in [6.45, 7) is 2.46. The Morgan fingerprint density at radius 1 is 1.08 bits per heavy atom. The van der Waals surface area contributed by atoms with Crippen molar-refractivity contribution in [2.45, 2.75) is 0 Å². The summed E-state index contributed by atoms with van der Waals surface area (Å²) >= 11 is 0. The second-order valence-electron chi connectivity index (χ2n) is 5.52.